The van der Waals surface area contributed by atoms with Crippen LogP contribution in [0.15, 0.2) is 155 Å². The summed E-state index contributed by atoms with van der Waals surface area (Å²) < 4.78 is 74.2. The molecule has 2 aliphatic rings. The number of anilines is 2. The van der Waals surface area contributed by atoms with Gasteiger partial charge < -0.3 is 23.4 Å². The Morgan fingerprint density at radius 3 is 1.25 bits per heavy atom. The lowest BCUT2D eigenvalue weighted by molar-refractivity contribution is -0.385. The number of sulfonamides is 1. The van der Waals surface area contributed by atoms with Crippen LogP contribution in [0.3, 0.4) is 0 Å². The molecular formula is C72H93ClN8O16S2Si4. The van der Waals surface area contributed by atoms with Crippen LogP contribution in [0.25, 0.3) is 21.5 Å². The van der Waals surface area contributed by atoms with Crippen molar-refractivity contribution in [3.05, 3.63) is 188 Å². The molecule has 0 fully saturated rings. The Hall–Kier alpha value is -8.92. The third kappa shape index (κ3) is 20.9. The maximum Gasteiger partial charge on any atom is 0.282 e. The maximum absolute atomic E-state index is 12.3. The lowest BCUT2D eigenvalue weighted by Crippen LogP contribution is -2.45. The zero-order chi connectivity index (χ0) is 77.6. The number of aromatic nitrogens is 2. The van der Waals surface area contributed by atoms with E-state index in [9.17, 15) is 56.2 Å². The smallest absolute Gasteiger partial charge is 0.282 e. The van der Waals surface area contributed by atoms with Crippen LogP contribution < -0.4 is 38.8 Å². The van der Waals surface area contributed by atoms with Crippen molar-refractivity contribution in [1.82, 2.24) is 20.6 Å². The van der Waals surface area contributed by atoms with Crippen LogP contribution in [0, 0.1) is 20.2 Å². The van der Waals surface area contributed by atoms with Gasteiger partial charge in [0, 0.05) is 40.6 Å². The number of carbonyl (C=O) groups excluding carboxylic acids is 4. The minimum atomic E-state index is -3.80. The summed E-state index contributed by atoms with van der Waals surface area (Å²) in [6.45, 7) is 43.7. The monoisotopic (exact) mass is 1540 g/mol. The van der Waals surface area contributed by atoms with E-state index in [-0.39, 0.29) is 75.9 Å². The number of nitrogens with two attached hydrogens (primary N) is 1. The van der Waals surface area contributed by atoms with Crippen molar-refractivity contribution < 1.29 is 63.6 Å². The second kappa shape index (κ2) is 31.6. The van der Waals surface area contributed by atoms with Crippen molar-refractivity contribution in [2.75, 3.05) is 10.5 Å². The maximum atomic E-state index is 12.3. The second-order valence-corrected chi connectivity index (χ2v) is 53.9. The average molecular weight is 1540 g/mol. The number of amides is 4. The molecular weight excluding hydrogens is 1440 g/mol. The fourth-order valence-corrected chi connectivity index (χ4v) is 14.6. The van der Waals surface area contributed by atoms with Crippen LogP contribution in [-0.2, 0) is 41.5 Å². The van der Waals surface area contributed by atoms with E-state index >= 15 is 0 Å². The number of nitrogen functional groups attached to an aromatic ring is 1. The Morgan fingerprint density at radius 1 is 0.476 bits per heavy atom. The van der Waals surface area contributed by atoms with Gasteiger partial charge in [0.2, 0.25) is 35.3 Å². The van der Waals surface area contributed by atoms with Crippen LogP contribution in [0.4, 0.5) is 22.7 Å². The number of non-ortho nitro benzene ring substituents is 1. The predicted molar refractivity (Wildman–Crippen MR) is 414 cm³/mol. The summed E-state index contributed by atoms with van der Waals surface area (Å²) >= 11 is 0. The second-order valence-electron chi connectivity index (χ2n) is 30.7. The van der Waals surface area contributed by atoms with E-state index in [0.717, 1.165) is 10.8 Å². The topological polar surface area (TPSA) is 348 Å². The first-order valence-electron chi connectivity index (χ1n) is 32.9. The first-order chi connectivity index (χ1) is 47.2. The van der Waals surface area contributed by atoms with E-state index in [1.54, 1.807) is 66.7 Å². The van der Waals surface area contributed by atoms with Crippen molar-refractivity contribution in [2.24, 2.45) is 0 Å². The molecule has 0 saturated heterocycles. The van der Waals surface area contributed by atoms with Gasteiger partial charge in [0.15, 0.2) is 0 Å². The van der Waals surface area contributed by atoms with Gasteiger partial charge in [-0.3, -0.25) is 54.8 Å². The van der Waals surface area contributed by atoms with E-state index in [1.807, 2.05) is 35.6 Å². The molecule has 4 heterocycles. The van der Waals surface area contributed by atoms with E-state index < -0.39 is 80.9 Å². The highest BCUT2D eigenvalue weighted by Gasteiger charge is 2.44. The van der Waals surface area contributed by atoms with E-state index in [1.165, 1.54) is 48.5 Å². The molecule has 5 N–H and O–H groups in total. The van der Waals surface area contributed by atoms with Crippen LogP contribution in [0.5, 0.6) is 23.5 Å². The number of nitrogens with one attached hydrogen (secondary N) is 3. The highest BCUT2D eigenvalue weighted by atomic mass is 35.7. The van der Waals surface area contributed by atoms with Crippen molar-refractivity contribution in [3.8, 4) is 23.5 Å². The number of hydrogen-bond acceptors (Lipinski definition) is 19. The molecule has 31 heteroatoms. The predicted octanol–water partition coefficient (Wildman–Crippen LogP) is 16.8. The quantitative estimate of drug-likeness (QED) is 0.0196. The average Bonchev–Trinajstić information content (AvgIpc) is 0.778. The Kier molecular flexibility index (Phi) is 25.5. The number of pyridine rings is 2. The molecule has 0 unspecified atom stereocenters. The van der Waals surface area contributed by atoms with E-state index in [4.69, 9.17) is 39.1 Å². The Balaban J connectivity index is 0.000000210. The molecule has 0 radical (unpaired) electrons. The van der Waals surface area contributed by atoms with Gasteiger partial charge in [0.05, 0.1) is 49.1 Å². The summed E-state index contributed by atoms with van der Waals surface area (Å²) in [5.74, 6) is -0.132. The van der Waals surface area contributed by atoms with Crippen molar-refractivity contribution in [2.45, 2.75) is 178 Å². The summed E-state index contributed by atoms with van der Waals surface area (Å²) in [7, 11) is -10.8. The summed E-state index contributed by atoms with van der Waals surface area (Å²) in [6.07, 6.45) is 0.0464. The van der Waals surface area contributed by atoms with Crippen LogP contribution >= 0.6 is 10.7 Å². The van der Waals surface area contributed by atoms with Crippen LogP contribution in [0.1, 0.15) is 115 Å². The summed E-state index contributed by atoms with van der Waals surface area (Å²) in [5.41, 5.74) is 7.95. The van der Waals surface area contributed by atoms with E-state index in [0.29, 0.717) is 51.1 Å². The minimum Gasteiger partial charge on any atom is -0.531 e. The van der Waals surface area contributed by atoms with Crippen LogP contribution in [-0.4, -0.2) is 93.5 Å². The van der Waals surface area contributed by atoms with Crippen LogP contribution in [0.2, 0.25) is 72.5 Å². The number of rotatable bonds is 14. The first kappa shape index (κ1) is 83.0. The minimum absolute atomic E-state index is 0.00239. The number of halogens is 1. The van der Waals surface area contributed by atoms with Gasteiger partial charge in [-0.1, -0.05) is 168 Å². The Bertz CT molecular complexity index is 4770. The van der Waals surface area contributed by atoms with Gasteiger partial charge in [-0.25, -0.2) is 16.8 Å². The lowest BCUT2D eigenvalue weighted by Gasteiger charge is -2.37. The van der Waals surface area contributed by atoms with Gasteiger partial charge in [-0.2, -0.15) is 9.97 Å². The molecule has 0 bridgehead atoms. The number of nitro benzene ring substituents is 2. The number of nitrogens with zero attached hydrogens (tertiary/aromatic N) is 4. The molecule has 0 aliphatic carbocycles. The highest BCUT2D eigenvalue weighted by molar-refractivity contribution is 8.13. The largest absolute Gasteiger partial charge is 0.531 e. The SMILES string of the molecule is CC(C)(C)[Si](C)(C)Oc1cc2cccc(N)c2c(O[Si](C)(C)C(C)(C)C)n1.CC(C)(C)[Si](C)(C)Oc1cc2cccc([N+](=O)[O-])c2c(O[Si](C)(C)C(C)(C)C)n1.O=C1Cc2cccc(NS(=O)(=O)c3ccccc3)c2C(=O)N1.O=C1Cc2cccc([N+](=O)[O-])c2C(=O)N1.O=S(=O)(Cl)c1ccccc1. The fraction of sp³-hybridized carbons (Fsp3) is 0.361. The van der Waals surface area contributed by atoms with Gasteiger partial charge in [0.25, 0.3) is 75.5 Å². The molecule has 0 atom stereocenters. The van der Waals surface area contributed by atoms with Gasteiger partial charge >= 0.3 is 0 Å². The summed E-state index contributed by atoms with van der Waals surface area (Å²) in [6, 6.07) is 39.4. The highest BCUT2D eigenvalue weighted by Crippen LogP contribution is 2.46. The number of carbonyl (C=O) groups is 4. The van der Waals surface area contributed by atoms with Gasteiger partial charge in [-0.15, -0.1) is 0 Å². The molecule has 103 heavy (non-hydrogen) atoms. The zero-order valence-corrected chi connectivity index (χ0v) is 68.3. The normalized spacial score (nSPS) is 13.6. The number of fused-ring (bicyclic) bond motifs is 4. The molecule has 24 nitrogen and oxygen atoms in total. The molecule has 6 aromatic carbocycles. The first-order valence-corrected chi connectivity index (χ1v) is 48.3. The Morgan fingerprint density at radius 2 is 0.835 bits per heavy atom. The summed E-state index contributed by atoms with van der Waals surface area (Å²) in [4.78, 5) is 76.8. The third-order valence-electron chi connectivity index (χ3n) is 18.9. The zero-order valence-electron chi connectivity index (χ0n) is 61.9. The number of nitro groups is 2. The number of hydrogen-bond donors (Lipinski definition) is 4. The van der Waals surface area contributed by atoms with E-state index in [2.05, 4.69) is 150 Å². The lowest BCUT2D eigenvalue weighted by atomic mass is 9.98. The van der Waals surface area contributed by atoms with Crippen molar-refractivity contribution >= 4 is 131 Å². The molecule has 10 rings (SSSR count). The van der Waals surface area contributed by atoms with Crippen molar-refractivity contribution in [3.63, 3.8) is 0 Å². The number of benzene rings is 6. The summed E-state index contributed by atoms with van der Waals surface area (Å²) in [5, 5.41) is 29.7. The molecule has 0 spiro atoms. The number of imide groups is 2. The molecule has 2 aliphatic heterocycles. The third-order valence-corrected chi connectivity index (χ3v) is 39.0. The standard InChI is InChI=1S/C21H34N2O4Si2.C21H36N2O2Si2.C15H12N2O4S.C9H6N2O4.C6H5ClO2S/c1-20(2,3)28(7,8)26-17-14-15-12-11-13-16(23(24)25)18(15)19(22-17)27-29(9,10)21(4,5)6;1-20(2,3)26(7,8)24-17-14-15-12-11-13-16(22)18(15)19(23-17)25-27(9,10)21(4,5)6;18-13-9-10-5-4-8-12(14(10)15(19)16-13)17-22(20,21)11-6-2-1-3-7-11;12-7-4-5-2-1-3-6(11(14)15)8(5)9(13)10-7;7-10(8,9)6-4-2-1-3-5-6/h11-14H,1-10H3;11-14H,22H2,1-10H3;1-8,17H,9H2,(H,16,18,19);1-3H,4H2,(H,10,12,13);1-5H. The fourth-order valence-electron chi connectivity index (χ4n) is 8.98. The molecule has 4 amide bonds. The molecule has 0 saturated carbocycles. The molecule has 8 aromatic rings. The molecule has 552 valence electrons. The molecule has 2 aromatic heterocycles. The van der Waals surface area contributed by atoms with Gasteiger partial charge in [0.1, 0.15) is 10.9 Å². The Labute approximate surface area is 611 Å². The van der Waals surface area contributed by atoms with Gasteiger partial charge in [-0.05, 0) is 131 Å². The van der Waals surface area contributed by atoms with Crippen molar-refractivity contribution in [1.29, 1.82) is 0 Å².